The number of carbonyl (C=O) groups excluding carboxylic acids is 1. The van der Waals surface area contributed by atoms with E-state index in [1.807, 2.05) is 42.5 Å². The summed E-state index contributed by atoms with van der Waals surface area (Å²) in [6.45, 7) is 0.923. The van der Waals surface area contributed by atoms with E-state index in [0.29, 0.717) is 25.3 Å². The molecule has 0 saturated carbocycles. The monoisotopic (exact) mass is 344 g/mol. The van der Waals surface area contributed by atoms with Gasteiger partial charge in [0.05, 0.1) is 27.0 Å². The third-order valence-electron chi connectivity index (χ3n) is 3.74. The molecule has 2 N–H and O–H groups in total. The molecule has 1 amide bonds. The second-order valence-corrected chi connectivity index (χ2v) is 5.33. The summed E-state index contributed by atoms with van der Waals surface area (Å²) in [4.78, 5) is 12.0. The van der Waals surface area contributed by atoms with E-state index < -0.39 is 0 Å². The molecule has 0 saturated heterocycles. The second kappa shape index (κ2) is 9.42. The molecule has 0 heterocycles. The average molecular weight is 344 g/mol. The zero-order chi connectivity index (χ0) is 18.1. The number of amides is 1. The van der Waals surface area contributed by atoms with Gasteiger partial charge in [-0.25, -0.2) is 0 Å². The number of benzene rings is 2. The lowest BCUT2D eigenvalue weighted by atomic mass is 10.2. The lowest BCUT2D eigenvalue weighted by Gasteiger charge is -2.13. The van der Waals surface area contributed by atoms with Gasteiger partial charge in [-0.1, -0.05) is 18.2 Å². The van der Waals surface area contributed by atoms with Gasteiger partial charge in [0.25, 0.3) is 0 Å². The Morgan fingerprint density at radius 3 is 2.44 bits per heavy atom. The van der Waals surface area contributed by atoms with Crippen LogP contribution in [-0.4, -0.2) is 33.8 Å². The highest BCUT2D eigenvalue weighted by molar-refractivity contribution is 5.76. The van der Waals surface area contributed by atoms with E-state index in [9.17, 15) is 4.79 Å². The molecule has 0 unspecified atom stereocenters. The minimum atomic E-state index is -0.0414. The molecule has 2 aromatic carbocycles. The van der Waals surface area contributed by atoms with Gasteiger partial charge < -0.3 is 24.8 Å². The van der Waals surface area contributed by atoms with Crippen molar-refractivity contribution in [2.75, 3.05) is 33.2 Å². The minimum Gasteiger partial charge on any atom is -0.497 e. The van der Waals surface area contributed by atoms with Crippen LogP contribution >= 0.6 is 0 Å². The summed E-state index contributed by atoms with van der Waals surface area (Å²) in [5.74, 6) is 2.15. The van der Waals surface area contributed by atoms with Gasteiger partial charge in [-0.15, -0.1) is 0 Å². The molecular weight excluding hydrogens is 320 g/mol. The number of rotatable bonds is 9. The Bertz CT molecular complexity index is 704. The lowest BCUT2D eigenvalue weighted by molar-refractivity contribution is -0.121. The van der Waals surface area contributed by atoms with Crippen molar-refractivity contribution in [3.8, 4) is 17.2 Å². The number of hydrogen-bond donors (Lipinski definition) is 2. The Kier molecular flexibility index (Phi) is 6.95. The van der Waals surface area contributed by atoms with Gasteiger partial charge in [-0.3, -0.25) is 4.79 Å². The van der Waals surface area contributed by atoms with Crippen LogP contribution in [0.3, 0.4) is 0 Å². The van der Waals surface area contributed by atoms with E-state index in [0.717, 1.165) is 22.7 Å². The number of methoxy groups -OCH3 is 3. The molecule has 6 nitrogen and oxygen atoms in total. The number of para-hydroxylation sites is 1. The molecule has 2 rings (SSSR count). The van der Waals surface area contributed by atoms with Gasteiger partial charge in [-0.2, -0.15) is 0 Å². The highest BCUT2D eigenvalue weighted by Crippen LogP contribution is 2.28. The quantitative estimate of drug-likeness (QED) is 0.732. The summed E-state index contributed by atoms with van der Waals surface area (Å²) >= 11 is 0. The molecule has 0 aliphatic carbocycles. The molecule has 0 fully saturated rings. The smallest absolute Gasteiger partial charge is 0.222 e. The summed E-state index contributed by atoms with van der Waals surface area (Å²) in [6.07, 6.45) is 0.343. The number of ether oxygens (including phenoxy) is 3. The molecule has 6 heteroatoms. The Hall–Kier alpha value is -2.89. The zero-order valence-corrected chi connectivity index (χ0v) is 14.8. The maximum Gasteiger partial charge on any atom is 0.222 e. The molecule has 0 bridgehead atoms. The molecule has 0 radical (unpaired) electrons. The van der Waals surface area contributed by atoms with Crippen LogP contribution in [0.25, 0.3) is 0 Å². The Labute approximate surface area is 148 Å². The lowest BCUT2D eigenvalue weighted by Crippen LogP contribution is -2.25. The van der Waals surface area contributed by atoms with E-state index >= 15 is 0 Å². The maximum absolute atomic E-state index is 12.0. The summed E-state index contributed by atoms with van der Waals surface area (Å²) in [5, 5.41) is 6.10. The molecule has 134 valence electrons. The van der Waals surface area contributed by atoms with Crippen molar-refractivity contribution in [2.24, 2.45) is 0 Å². The normalized spacial score (nSPS) is 10.0. The van der Waals surface area contributed by atoms with Crippen molar-refractivity contribution in [3.05, 3.63) is 48.0 Å². The van der Waals surface area contributed by atoms with Crippen LogP contribution in [0.1, 0.15) is 12.0 Å². The third-order valence-corrected chi connectivity index (χ3v) is 3.74. The van der Waals surface area contributed by atoms with E-state index in [4.69, 9.17) is 14.2 Å². The van der Waals surface area contributed by atoms with Gasteiger partial charge in [0, 0.05) is 31.1 Å². The van der Waals surface area contributed by atoms with Gasteiger partial charge in [0.2, 0.25) is 5.91 Å². The van der Waals surface area contributed by atoms with Gasteiger partial charge in [-0.05, 0) is 18.2 Å². The fraction of sp³-hybridized carbons (Fsp3) is 0.316. The van der Waals surface area contributed by atoms with Gasteiger partial charge >= 0.3 is 0 Å². The van der Waals surface area contributed by atoms with Crippen LogP contribution in [0.2, 0.25) is 0 Å². The Balaban J connectivity index is 1.82. The van der Waals surface area contributed by atoms with Crippen LogP contribution in [-0.2, 0) is 11.3 Å². The SMILES string of the molecule is COc1ccc(OC)c(NCCC(=O)NCc2ccccc2OC)c1. The predicted molar refractivity (Wildman–Crippen MR) is 97.5 cm³/mol. The van der Waals surface area contributed by atoms with Crippen molar-refractivity contribution in [2.45, 2.75) is 13.0 Å². The zero-order valence-electron chi connectivity index (χ0n) is 14.8. The number of hydrogen-bond acceptors (Lipinski definition) is 5. The van der Waals surface area contributed by atoms with Gasteiger partial charge in [0.1, 0.15) is 17.2 Å². The molecule has 0 spiro atoms. The van der Waals surface area contributed by atoms with Crippen molar-refractivity contribution in [1.82, 2.24) is 5.32 Å². The van der Waals surface area contributed by atoms with Crippen LogP contribution in [0.4, 0.5) is 5.69 Å². The highest BCUT2D eigenvalue weighted by Gasteiger charge is 2.07. The second-order valence-electron chi connectivity index (χ2n) is 5.33. The molecule has 0 atom stereocenters. The number of anilines is 1. The van der Waals surface area contributed by atoms with Crippen LogP contribution in [0.15, 0.2) is 42.5 Å². The van der Waals surface area contributed by atoms with Crippen molar-refractivity contribution in [3.63, 3.8) is 0 Å². The first-order chi connectivity index (χ1) is 12.2. The minimum absolute atomic E-state index is 0.0414. The third kappa shape index (κ3) is 5.31. The van der Waals surface area contributed by atoms with E-state index in [1.165, 1.54) is 0 Å². The van der Waals surface area contributed by atoms with Crippen LogP contribution < -0.4 is 24.8 Å². The van der Waals surface area contributed by atoms with E-state index in [1.54, 1.807) is 21.3 Å². The summed E-state index contributed by atoms with van der Waals surface area (Å²) in [6, 6.07) is 13.1. The van der Waals surface area contributed by atoms with E-state index in [-0.39, 0.29) is 5.91 Å². The van der Waals surface area contributed by atoms with Crippen LogP contribution in [0.5, 0.6) is 17.2 Å². The number of nitrogens with one attached hydrogen (secondary N) is 2. The largest absolute Gasteiger partial charge is 0.497 e. The molecule has 25 heavy (non-hydrogen) atoms. The van der Waals surface area contributed by atoms with Crippen LogP contribution in [0, 0.1) is 0 Å². The highest BCUT2D eigenvalue weighted by atomic mass is 16.5. The fourth-order valence-corrected chi connectivity index (χ4v) is 2.39. The molecule has 2 aromatic rings. The molecular formula is C19H24N2O4. The Morgan fingerprint density at radius 2 is 1.72 bits per heavy atom. The fourth-order valence-electron chi connectivity index (χ4n) is 2.39. The summed E-state index contributed by atoms with van der Waals surface area (Å²) in [5.41, 5.74) is 1.74. The Morgan fingerprint density at radius 1 is 0.960 bits per heavy atom. The maximum atomic E-state index is 12.0. The van der Waals surface area contributed by atoms with Crippen molar-refractivity contribution in [1.29, 1.82) is 0 Å². The van der Waals surface area contributed by atoms with Crippen molar-refractivity contribution >= 4 is 11.6 Å². The molecule has 0 aromatic heterocycles. The first-order valence-corrected chi connectivity index (χ1v) is 8.02. The topological polar surface area (TPSA) is 68.8 Å². The standard InChI is InChI=1S/C19H24N2O4/c1-23-15-8-9-18(25-3)16(12-15)20-11-10-19(22)21-13-14-6-4-5-7-17(14)24-2/h4-9,12,20H,10-11,13H2,1-3H3,(H,21,22). The van der Waals surface area contributed by atoms with Crippen molar-refractivity contribution < 1.29 is 19.0 Å². The number of carbonyl (C=O) groups is 1. The first kappa shape index (κ1) is 18.4. The summed E-state index contributed by atoms with van der Waals surface area (Å²) in [7, 11) is 4.83. The predicted octanol–water partition coefficient (Wildman–Crippen LogP) is 2.83. The van der Waals surface area contributed by atoms with E-state index in [2.05, 4.69) is 10.6 Å². The van der Waals surface area contributed by atoms with Gasteiger partial charge in [0.15, 0.2) is 0 Å². The average Bonchev–Trinajstić information content (AvgIpc) is 2.66. The first-order valence-electron chi connectivity index (χ1n) is 8.02. The molecule has 0 aliphatic heterocycles. The summed E-state index contributed by atoms with van der Waals surface area (Å²) < 4.78 is 15.8. The molecule has 0 aliphatic rings.